The van der Waals surface area contributed by atoms with Crippen molar-refractivity contribution in [1.82, 2.24) is 15.5 Å². The first kappa shape index (κ1) is 14.3. The topological polar surface area (TPSA) is 91.4 Å². The van der Waals surface area contributed by atoms with E-state index in [1.165, 1.54) is 12.1 Å². The van der Waals surface area contributed by atoms with Gasteiger partial charge in [-0.25, -0.2) is 0 Å². The maximum Gasteiger partial charge on any atom is 0.228 e. The Kier molecular flexibility index (Phi) is 3.94. The van der Waals surface area contributed by atoms with Crippen LogP contribution in [0.2, 0.25) is 0 Å². The molecular formula is C14H19N3O3. The molecular weight excluding hydrogens is 258 g/mol. The molecule has 0 spiro atoms. The molecule has 6 nitrogen and oxygen atoms in total. The number of nitrogens with one attached hydrogen (secondary N) is 1. The summed E-state index contributed by atoms with van der Waals surface area (Å²) in [5.74, 6) is 0.547. The molecule has 0 aliphatic carbocycles. The number of aromatic hydroxyl groups is 2. The first-order valence-corrected chi connectivity index (χ1v) is 6.45. The second-order valence-electron chi connectivity index (χ2n) is 5.64. The number of phenols is 2. The van der Waals surface area contributed by atoms with Gasteiger partial charge >= 0.3 is 0 Å². The lowest BCUT2D eigenvalue weighted by molar-refractivity contribution is 0.362. The molecule has 108 valence electrons. The highest BCUT2D eigenvalue weighted by Gasteiger charge is 2.12. The van der Waals surface area contributed by atoms with Crippen LogP contribution in [0.4, 0.5) is 0 Å². The lowest BCUT2D eigenvalue weighted by Crippen LogP contribution is -2.37. The summed E-state index contributed by atoms with van der Waals surface area (Å²) >= 11 is 0. The minimum Gasteiger partial charge on any atom is -0.504 e. The number of aromatic nitrogens is 2. The van der Waals surface area contributed by atoms with E-state index in [9.17, 15) is 10.2 Å². The molecule has 0 saturated heterocycles. The molecule has 0 aliphatic heterocycles. The average molecular weight is 277 g/mol. The third-order valence-electron chi connectivity index (χ3n) is 2.70. The monoisotopic (exact) mass is 277 g/mol. The van der Waals surface area contributed by atoms with Gasteiger partial charge in [0.25, 0.3) is 0 Å². The summed E-state index contributed by atoms with van der Waals surface area (Å²) in [4.78, 5) is 4.26. The van der Waals surface area contributed by atoms with Crippen molar-refractivity contribution in [3.05, 3.63) is 24.1 Å². The Labute approximate surface area is 117 Å². The SMILES string of the molecule is CC(C)(C)NCCc1nc(-c2ccc(O)c(O)c2)no1. The average Bonchev–Trinajstić information content (AvgIpc) is 2.80. The highest BCUT2D eigenvalue weighted by molar-refractivity contribution is 5.59. The van der Waals surface area contributed by atoms with E-state index in [1.54, 1.807) is 6.07 Å². The van der Waals surface area contributed by atoms with E-state index in [0.29, 0.717) is 23.7 Å². The summed E-state index contributed by atoms with van der Waals surface area (Å²) in [5, 5.41) is 25.9. The van der Waals surface area contributed by atoms with Crippen LogP contribution in [0, 0.1) is 0 Å². The largest absolute Gasteiger partial charge is 0.504 e. The predicted molar refractivity (Wildman–Crippen MR) is 74.5 cm³/mol. The van der Waals surface area contributed by atoms with Crippen LogP contribution in [-0.2, 0) is 6.42 Å². The molecule has 1 heterocycles. The molecule has 20 heavy (non-hydrogen) atoms. The van der Waals surface area contributed by atoms with Gasteiger partial charge in [-0.2, -0.15) is 4.98 Å². The van der Waals surface area contributed by atoms with Crippen molar-refractivity contribution < 1.29 is 14.7 Å². The van der Waals surface area contributed by atoms with E-state index in [1.807, 2.05) is 0 Å². The van der Waals surface area contributed by atoms with Gasteiger partial charge in [0.15, 0.2) is 11.5 Å². The summed E-state index contributed by atoms with van der Waals surface area (Å²) < 4.78 is 5.16. The zero-order valence-corrected chi connectivity index (χ0v) is 11.8. The summed E-state index contributed by atoms with van der Waals surface area (Å²) in [5.41, 5.74) is 0.644. The number of nitrogens with zero attached hydrogens (tertiary/aromatic N) is 2. The van der Waals surface area contributed by atoms with Crippen LogP contribution in [-0.4, -0.2) is 32.4 Å². The Balaban J connectivity index is 2.03. The standard InChI is InChI=1S/C14H19N3O3/c1-14(2,3)15-7-6-12-16-13(17-20-12)9-4-5-10(18)11(19)8-9/h4-5,8,15,18-19H,6-7H2,1-3H3. The molecule has 3 N–H and O–H groups in total. The Hall–Kier alpha value is -2.08. The summed E-state index contributed by atoms with van der Waals surface area (Å²) in [6, 6.07) is 4.41. The number of hydrogen-bond acceptors (Lipinski definition) is 6. The van der Waals surface area contributed by atoms with Crippen LogP contribution < -0.4 is 5.32 Å². The van der Waals surface area contributed by atoms with E-state index in [4.69, 9.17) is 4.52 Å². The molecule has 0 bridgehead atoms. The van der Waals surface area contributed by atoms with Gasteiger partial charge in [0.05, 0.1) is 0 Å². The van der Waals surface area contributed by atoms with Crippen LogP contribution in [0.3, 0.4) is 0 Å². The maximum atomic E-state index is 9.45. The number of phenolic OH excluding ortho intramolecular Hbond substituents is 2. The Morgan fingerprint density at radius 3 is 2.60 bits per heavy atom. The molecule has 0 amide bonds. The van der Waals surface area contributed by atoms with Crippen molar-refractivity contribution in [2.75, 3.05) is 6.54 Å². The molecule has 0 radical (unpaired) electrons. The van der Waals surface area contributed by atoms with E-state index in [0.717, 1.165) is 6.54 Å². The Morgan fingerprint density at radius 1 is 1.20 bits per heavy atom. The Bertz CT molecular complexity index is 588. The molecule has 2 rings (SSSR count). The highest BCUT2D eigenvalue weighted by atomic mass is 16.5. The van der Waals surface area contributed by atoms with Crippen molar-refractivity contribution in [3.63, 3.8) is 0 Å². The predicted octanol–water partition coefficient (Wildman–Crippen LogP) is 2.08. The molecule has 0 fully saturated rings. The summed E-state index contributed by atoms with van der Waals surface area (Å²) in [6.07, 6.45) is 0.633. The lowest BCUT2D eigenvalue weighted by Gasteiger charge is -2.19. The van der Waals surface area contributed by atoms with Crippen LogP contribution in [0.5, 0.6) is 11.5 Å². The smallest absolute Gasteiger partial charge is 0.228 e. The minimum atomic E-state index is -0.205. The van der Waals surface area contributed by atoms with Crippen LogP contribution >= 0.6 is 0 Å². The normalized spacial score (nSPS) is 11.8. The molecule has 2 aromatic rings. The molecule has 6 heteroatoms. The maximum absolute atomic E-state index is 9.45. The fraction of sp³-hybridized carbons (Fsp3) is 0.429. The van der Waals surface area contributed by atoms with Crippen LogP contribution in [0.1, 0.15) is 26.7 Å². The lowest BCUT2D eigenvalue weighted by atomic mass is 10.1. The number of hydrogen-bond donors (Lipinski definition) is 3. The van der Waals surface area contributed by atoms with Gasteiger partial charge in [-0.1, -0.05) is 5.16 Å². The number of benzene rings is 1. The second-order valence-corrected chi connectivity index (χ2v) is 5.64. The Morgan fingerprint density at radius 2 is 1.95 bits per heavy atom. The van der Waals surface area contributed by atoms with Gasteiger partial charge in [-0.15, -0.1) is 0 Å². The van der Waals surface area contributed by atoms with E-state index >= 15 is 0 Å². The zero-order chi connectivity index (χ0) is 14.8. The van der Waals surface area contributed by atoms with E-state index < -0.39 is 0 Å². The van der Waals surface area contributed by atoms with Gasteiger partial charge in [-0.3, -0.25) is 0 Å². The van der Waals surface area contributed by atoms with Crippen LogP contribution in [0.15, 0.2) is 22.7 Å². The molecule has 0 saturated carbocycles. The highest BCUT2D eigenvalue weighted by Crippen LogP contribution is 2.29. The number of rotatable bonds is 4. The van der Waals surface area contributed by atoms with Crippen molar-refractivity contribution >= 4 is 0 Å². The summed E-state index contributed by atoms with van der Waals surface area (Å²) in [6.45, 7) is 7.01. The van der Waals surface area contributed by atoms with Crippen molar-refractivity contribution in [2.45, 2.75) is 32.7 Å². The van der Waals surface area contributed by atoms with Gasteiger partial charge < -0.3 is 20.1 Å². The molecule has 1 aromatic carbocycles. The molecule has 0 unspecified atom stereocenters. The van der Waals surface area contributed by atoms with Crippen molar-refractivity contribution in [2.24, 2.45) is 0 Å². The van der Waals surface area contributed by atoms with Crippen molar-refractivity contribution in [1.29, 1.82) is 0 Å². The van der Waals surface area contributed by atoms with Crippen LogP contribution in [0.25, 0.3) is 11.4 Å². The molecule has 0 aliphatic rings. The van der Waals surface area contributed by atoms with E-state index in [-0.39, 0.29) is 17.0 Å². The second kappa shape index (κ2) is 5.50. The van der Waals surface area contributed by atoms with Gasteiger partial charge in [0, 0.05) is 24.1 Å². The molecule has 0 atom stereocenters. The fourth-order valence-electron chi connectivity index (χ4n) is 1.68. The summed E-state index contributed by atoms with van der Waals surface area (Å²) in [7, 11) is 0. The molecule has 1 aromatic heterocycles. The quantitative estimate of drug-likeness (QED) is 0.741. The van der Waals surface area contributed by atoms with Crippen molar-refractivity contribution in [3.8, 4) is 22.9 Å². The zero-order valence-electron chi connectivity index (χ0n) is 11.8. The van der Waals surface area contributed by atoms with Gasteiger partial charge in [0.1, 0.15) is 0 Å². The van der Waals surface area contributed by atoms with Gasteiger partial charge in [-0.05, 0) is 39.0 Å². The third-order valence-corrected chi connectivity index (χ3v) is 2.70. The first-order valence-electron chi connectivity index (χ1n) is 6.45. The third kappa shape index (κ3) is 3.71. The van der Waals surface area contributed by atoms with E-state index in [2.05, 4.69) is 36.2 Å². The first-order chi connectivity index (χ1) is 9.35. The van der Waals surface area contributed by atoms with Gasteiger partial charge in [0.2, 0.25) is 11.7 Å². The fourth-order valence-corrected chi connectivity index (χ4v) is 1.68. The minimum absolute atomic E-state index is 0.0472.